The molecule has 0 aromatic carbocycles. The fourth-order valence-electron chi connectivity index (χ4n) is 5.02. The second-order valence-electron chi connectivity index (χ2n) is 11.6. The first kappa shape index (κ1) is 36.4. The van der Waals surface area contributed by atoms with Crippen molar-refractivity contribution in [3.63, 3.8) is 0 Å². The van der Waals surface area contributed by atoms with Crippen LogP contribution in [-0.4, -0.2) is 64.0 Å². The lowest BCUT2D eigenvalue weighted by atomic mass is 10.0. The van der Waals surface area contributed by atoms with Crippen LogP contribution in [0.5, 0.6) is 0 Å². The Morgan fingerprint density at radius 3 is 2.16 bits per heavy atom. The number of fused-ring (bicyclic) bond motifs is 1. The molecule has 4 N–H and O–H groups in total. The Morgan fingerprint density at radius 1 is 1.09 bits per heavy atom. The lowest BCUT2D eigenvalue weighted by Gasteiger charge is -2.29. The molecule has 0 unspecified atom stereocenters. The fourth-order valence-corrected chi connectivity index (χ4v) is 6.87. The summed E-state index contributed by atoms with van der Waals surface area (Å²) in [4.78, 5) is 29.7. The number of hydrogen-bond acceptors (Lipinski definition) is 11. The summed E-state index contributed by atoms with van der Waals surface area (Å²) in [5.41, 5.74) is 5.78. The van der Waals surface area contributed by atoms with Crippen LogP contribution in [0.4, 0.5) is 5.82 Å². The number of aromatic nitrogens is 3. The molecule has 4 atom stereocenters. The third kappa shape index (κ3) is 9.47. The maximum absolute atomic E-state index is 14.2. The summed E-state index contributed by atoms with van der Waals surface area (Å²) < 4.78 is 38.8. The van der Waals surface area contributed by atoms with Crippen molar-refractivity contribution in [2.24, 2.45) is 11.8 Å². The van der Waals surface area contributed by atoms with E-state index in [4.69, 9.17) is 24.5 Å². The maximum atomic E-state index is 14.2. The number of esters is 2. The van der Waals surface area contributed by atoms with Gasteiger partial charge in [0.15, 0.2) is 11.4 Å². The van der Waals surface area contributed by atoms with Crippen molar-refractivity contribution in [1.82, 2.24) is 24.8 Å². The Hall–Kier alpha value is -3.08. The van der Waals surface area contributed by atoms with Gasteiger partial charge in [0.05, 0.1) is 25.5 Å². The highest BCUT2D eigenvalue weighted by Crippen LogP contribution is 2.45. The van der Waals surface area contributed by atoms with Gasteiger partial charge in [-0.2, -0.15) is 10.4 Å². The third-order valence-corrected chi connectivity index (χ3v) is 10.3. The molecule has 0 bridgehead atoms. The van der Waals surface area contributed by atoms with E-state index in [9.17, 15) is 19.4 Å². The third-order valence-electron chi connectivity index (χ3n) is 8.37. The van der Waals surface area contributed by atoms with E-state index in [0.717, 1.165) is 25.7 Å². The number of carbonyl (C=O) groups excluding carboxylic acids is 2. The molecule has 1 fully saturated rings. The number of nitrogens with zero attached hydrogens (tertiary/aromatic N) is 4. The zero-order chi connectivity index (χ0) is 33.2. The van der Waals surface area contributed by atoms with Gasteiger partial charge in [-0.25, -0.2) is 19.7 Å². The van der Waals surface area contributed by atoms with Crippen LogP contribution in [0.2, 0.25) is 0 Å². The summed E-state index contributed by atoms with van der Waals surface area (Å²) in [6.07, 6.45) is 4.93. The average molecular weight is 650 g/mol. The molecular weight excluding hydrogens is 601 g/mol. The van der Waals surface area contributed by atoms with E-state index in [1.54, 1.807) is 16.6 Å². The monoisotopic (exact) mass is 649 g/mol. The molecule has 2 aromatic rings. The number of nitrogen functional groups attached to an aromatic ring is 1. The molecule has 0 aliphatic carbocycles. The Morgan fingerprint density at radius 2 is 1.64 bits per heavy atom. The molecule has 3 rings (SSSR count). The SMILES string of the molecule is CCC(CC)COC(=O)[C@H](C)NP(=O)(N[C@@H](C)C(=O)OCC(CC)CC)OC[C@]1(C#N)CC[C@H](c2ccc3c(N)ncnn23)O1. The molecule has 1 saturated heterocycles. The van der Waals surface area contributed by atoms with Gasteiger partial charge in [-0.1, -0.05) is 53.4 Å². The minimum absolute atomic E-state index is 0.204. The molecule has 2 aromatic heterocycles. The van der Waals surface area contributed by atoms with Crippen molar-refractivity contribution < 1.29 is 32.9 Å². The van der Waals surface area contributed by atoms with Crippen molar-refractivity contribution in [3.05, 3.63) is 24.2 Å². The first-order valence-corrected chi connectivity index (χ1v) is 17.4. The number of nitrogens with two attached hydrogens (primary N) is 1. The first-order chi connectivity index (χ1) is 21.4. The van der Waals surface area contributed by atoms with E-state index in [1.807, 2.05) is 27.7 Å². The zero-order valence-corrected chi connectivity index (χ0v) is 28.0. The minimum Gasteiger partial charge on any atom is -0.464 e. The second kappa shape index (κ2) is 16.5. The van der Waals surface area contributed by atoms with E-state index < -0.39 is 50.0 Å². The topological polar surface area (TPSA) is 192 Å². The summed E-state index contributed by atoms with van der Waals surface area (Å²) in [5, 5.41) is 19.8. The molecule has 14 nitrogen and oxygen atoms in total. The largest absolute Gasteiger partial charge is 0.464 e. The lowest BCUT2D eigenvalue weighted by molar-refractivity contribution is -0.147. The van der Waals surface area contributed by atoms with Crippen molar-refractivity contribution in [1.29, 1.82) is 5.26 Å². The van der Waals surface area contributed by atoms with Crippen molar-refractivity contribution in [3.8, 4) is 6.07 Å². The minimum atomic E-state index is -4.17. The summed E-state index contributed by atoms with van der Waals surface area (Å²) in [5.74, 6) is -0.524. The summed E-state index contributed by atoms with van der Waals surface area (Å²) >= 11 is 0. The number of hydrogen-bond donors (Lipinski definition) is 3. The van der Waals surface area contributed by atoms with Crippen molar-refractivity contribution in [2.75, 3.05) is 25.6 Å². The van der Waals surface area contributed by atoms with Crippen LogP contribution in [0.25, 0.3) is 5.52 Å². The van der Waals surface area contributed by atoms with Gasteiger partial charge in [-0.3, -0.25) is 14.2 Å². The standard InChI is InChI=1S/C30H48N7O7P/c1-7-22(8-2)15-41-28(38)20(5)35-45(40,36-21(6)29(39)42-16-23(9-3)10-4)43-18-30(17-31)14-13-26(44-30)24-11-12-25-27(32)33-19-34-37(24)25/h11-12,19-23,26H,7-10,13-16,18H2,1-6H3,(H2,32,33,34)(H2,35,36,40)/t20-,21-,26+,30+/m0/s1. The van der Waals surface area contributed by atoms with E-state index in [1.165, 1.54) is 20.2 Å². The van der Waals surface area contributed by atoms with Gasteiger partial charge < -0.3 is 24.5 Å². The Balaban J connectivity index is 1.75. The molecule has 1 aliphatic heterocycles. The molecule has 250 valence electrons. The number of anilines is 1. The van der Waals surface area contributed by atoms with E-state index in [0.29, 0.717) is 23.4 Å². The second-order valence-corrected chi connectivity index (χ2v) is 13.5. The summed E-state index contributed by atoms with van der Waals surface area (Å²) in [6, 6.07) is 3.63. The predicted octanol–water partition coefficient (Wildman–Crippen LogP) is 4.47. The molecule has 3 heterocycles. The number of nitrogens with one attached hydrogen (secondary N) is 2. The number of ether oxygens (including phenoxy) is 3. The summed E-state index contributed by atoms with van der Waals surface area (Å²) in [7, 11) is -4.17. The van der Waals surface area contributed by atoms with E-state index in [2.05, 4.69) is 26.3 Å². The molecule has 1 aliphatic rings. The Bertz CT molecular complexity index is 1330. The predicted molar refractivity (Wildman–Crippen MR) is 168 cm³/mol. The summed E-state index contributed by atoms with van der Waals surface area (Å²) in [6.45, 7) is 11.1. The van der Waals surface area contributed by atoms with Gasteiger partial charge in [0.25, 0.3) is 0 Å². The molecule has 0 radical (unpaired) electrons. The van der Waals surface area contributed by atoms with Gasteiger partial charge >= 0.3 is 19.6 Å². The molecule has 45 heavy (non-hydrogen) atoms. The van der Waals surface area contributed by atoms with Crippen LogP contribution in [0, 0.1) is 23.2 Å². The van der Waals surface area contributed by atoms with Crippen LogP contribution in [0.3, 0.4) is 0 Å². The van der Waals surface area contributed by atoms with Gasteiger partial charge in [0, 0.05) is 0 Å². The van der Waals surface area contributed by atoms with Gasteiger partial charge in [0.2, 0.25) is 0 Å². The van der Waals surface area contributed by atoms with Gasteiger partial charge in [-0.15, -0.1) is 0 Å². The van der Waals surface area contributed by atoms with Crippen LogP contribution in [-0.2, 0) is 32.9 Å². The van der Waals surface area contributed by atoms with Gasteiger partial charge in [-0.05, 0) is 50.7 Å². The average Bonchev–Trinajstić information content (AvgIpc) is 3.66. The highest BCUT2D eigenvalue weighted by Gasteiger charge is 2.45. The van der Waals surface area contributed by atoms with Crippen molar-refractivity contribution >= 4 is 30.9 Å². The normalized spacial score (nSPS) is 19.9. The van der Waals surface area contributed by atoms with Gasteiger partial charge in [0.1, 0.15) is 36.1 Å². The van der Waals surface area contributed by atoms with Crippen LogP contribution < -0.4 is 15.9 Å². The number of rotatable bonds is 18. The zero-order valence-electron chi connectivity index (χ0n) is 27.2. The van der Waals surface area contributed by atoms with Crippen molar-refractivity contribution in [2.45, 2.75) is 104 Å². The Labute approximate surface area is 265 Å². The molecule has 0 spiro atoms. The van der Waals surface area contributed by atoms with Crippen LogP contribution >= 0.6 is 7.67 Å². The highest BCUT2D eigenvalue weighted by molar-refractivity contribution is 7.54. The quantitative estimate of drug-likeness (QED) is 0.152. The van der Waals surface area contributed by atoms with E-state index in [-0.39, 0.29) is 31.5 Å². The molecule has 15 heteroatoms. The van der Waals surface area contributed by atoms with E-state index >= 15 is 0 Å². The molecule has 0 saturated carbocycles. The number of carbonyl (C=O) groups is 2. The van der Waals surface area contributed by atoms with Crippen LogP contribution in [0.15, 0.2) is 18.5 Å². The molecule has 0 amide bonds. The maximum Gasteiger partial charge on any atom is 0.342 e. The lowest BCUT2D eigenvalue weighted by Crippen LogP contribution is -2.44. The van der Waals surface area contributed by atoms with Crippen LogP contribution in [0.1, 0.15) is 91.9 Å². The smallest absolute Gasteiger partial charge is 0.342 e. The molecular formula is C30H48N7O7P. The number of nitriles is 1. The Kier molecular flexibility index (Phi) is 13.3. The fraction of sp³-hybridized carbons (Fsp3) is 0.700. The first-order valence-electron chi connectivity index (χ1n) is 15.7. The highest BCUT2D eigenvalue weighted by atomic mass is 31.2.